The van der Waals surface area contributed by atoms with Crippen LogP contribution in [0.4, 0.5) is 10.1 Å². The minimum absolute atomic E-state index is 0.0877. The Labute approximate surface area is 107 Å². The number of halogens is 1. The van der Waals surface area contributed by atoms with Crippen molar-refractivity contribution in [3.05, 3.63) is 42.2 Å². The molecule has 1 N–H and O–H groups in total. The summed E-state index contributed by atoms with van der Waals surface area (Å²) in [6, 6.07) is 10.0. The first-order valence-corrected chi connectivity index (χ1v) is 6.82. The number of hydrogen-bond donors (Lipinski definition) is 1. The lowest BCUT2D eigenvalue weighted by Crippen LogP contribution is -2.27. The van der Waals surface area contributed by atoms with Gasteiger partial charge >= 0.3 is 0 Å². The van der Waals surface area contributed by atoms with Crippen molar-refractivity contribution in [3.8, 4) is 0 Å². The van der Waals surface area contributed by atoms with E-state index in [1.165, 1.54) is 10.4 Å². The maximum Gasteiger partial charge on any atom is 0.262 e. The topological polar surface area (TPSA) is 40.5 Å². The molecule has 0 radical (unpaired) electrons. The van der Waals surface area contributed by atoms with Gasteiger partial charge in [0, 0.05) is 16.8 Å². The van der Waals surface area contributed by atoms with Crippen molar-refractivity contribution in [1.29, 1.82) is 0 Å². The molecule has 1 aliphatic carbocycles. The Morgan fingerprint density at radius 3 is 2.44 bits per heavy atom. The molecule has 18 heavy (non-hydrogen) atoms. The molecule has 94 valence electrons. The molecule has 2 aromatic carbocycles. The van der Waals surface area contributed by atoms with Gasteiger partial charge in [0.1, 0.15) is 5.82 Å². The van der Waals surface area contributed by atoms with Gasteiger partial charge < -0.3 is 0 Å². The van der Waals surface area contributed by atoms with Gasteiger partial charge in [-0.15, -0.1) is 0 Å². The van der Waals surface area contributed by atoms with Crippen molar-refractivity contribution in [1.82, 2.24) is 0 Å². The Hall–Kier alpha value is -1.46. The van der Waals surface area contributed by atoms with Crippen molar-refractivity contribution in [3.63, 3.8) is 0 Å². The van der Waals surface area contributed by atoms with Crippen LogP contribution in [-0.4, -0.2) is 14.8 Å². The van der Waals surface area contributed by atoms with Crippen LogP contribution in [0.25, 0.3) is 10.8 Å². The van der Waals surface area contributed by atoms with Gasteiger partial charge in [-0.3, -0.25) is 8.86 Å². The van der Waals surface area contributed by atoms with Gasteiger partial charge in [0.15, 0.2) is 0 Å². The highest BCUT2D eigenvalue weighted by Crippen LogP contribution is 2.37. The molecular weight excluding hydrogens is 253 g/mol. The van der Waals surface area contributed by atoms with E-state index < -0.39 is 11.3 Å². The zero-order valence-corrected chi connectivity index (χ0v) is 10.4. The Kier molecular flexibility index (Phi) is 2.80. The zero-order valence-electron chi connectivity index (χ0n) is 9.54. The van der Waals surface area contributed by atoms with Crippen LogP contribution in [0.15, 0.2) is 36.4 Å². The second-order valence-corrected chi connectivity index (χ2v) is 5.25. The Morgan fingerprint density at radius 1 is 1.17 bits per heavy atom. The Morgan fingerprint density at radius 2 is 1.83 bits per heavy atom. The maximum atomic E-state index is 13.7. The first-order valence-electron chi connectivity index (χ1n) is 5.76. The summed E-state index contributed by atoms with van der Waals surface area (Å²) in [4.78, 5) is 0. The molecule has 1 atom stereocenters. The van der Waals surface area contributed by atoms with Gasteiger partial charge in [0.25, 0.3) is 11.3 Å². The molecule has 0 bridgehead atoms. The van der Waals surface area contributed by atoms with E-state index in [1.54, 1.807) is 30.3 Å². The van der Waals surface area contributed by atoms with E-state index in [0.29, 0.717) is 16.5 Å². The molecule has 2 aromatic rings. The van der Waals surface area contributed by atoms with Crippen molar-refractivity contribution in [2.24, 2.45) is 0 Å². The number of anilines is 1. The van der Waals surface area contributed by atoms with E-state index in [-0.39, 0.29) is 11.9 Å². The second-order valence-electron chi connectivity index (χ2n) is 4.40. The third-order valence-electron chi connectivity index (χ3n) is 3.13. The summed E-state index contributed by atoms with van der Waals surface area (Å²) in [6.45, 7) is 0. The summed E-state index contributed by atoms with van der Waals surface area (Å²) in [5.74, 6) is -0.311. The van der Waals surface area contributed by atoms with Gasteiger partial charge in [-0.25, -0.2) is 8.60 Å². The van der Waals surface area contributed by atoms with Gasteiger partial charge in [-0.1, -0.05) is 24.3 Å². The Bertz CT molecular complexity index is 627. The molecule has 3 rings (SSSR count). The fraction of sp³-hybridized carbons (Fsp3) is 0.231. The van der Waals surface area contributed by atoms with Gasteiger partial charge in [0.2, 0.25) is 0 Å². The highest BCUT2D eigenvalue weighted by Gasteiger charge is 2.33. The minimum atomic E-state index is -2.07. The van der Waals surface area contributed by atoms with E-state index in [0.717, 1.165) is 12.8 Å². The molecule has 5 heteroatoms. The SMILES string of the molecule is O=S(O)N(c1ccc(F)c2ccccc12)C1CC1. The fourth-order valence-electron chi connectivity index (χ4n) is 2.16. The van der Waals surface area contributed by atoms with Gasteiger partial charge in [-0.2, -0.15) is 0 Å². The lowest BCUT2D eigenvalue weighted by Gasteiger charge is -2.21. The average molecular weight is 265 g/mol. The summed E-state index contributed by atoms with van der Waals surface area (Å²) in [7, 11) is 0. The summed E-state index contributed by atoms with van der Waals surface area (Å²) in [5, 5.41) is 1.15. The van der Waals surface area contributed by atoms with E-state index in [9.17, 15) is 13.2 Å². The molecule has 0 spiro atoms. The molecule has 1 saturated carbocycles. The number of fused-ring (bicyclic) bond motifs is 1. The van der Waals surface area contributed by atoms with Crippen LogP contribution in [0.2, 0.25) is 0 Å². The van der Waals surface area contributed by atoms with Crippen molar-refractivity contribution in [2.75, 3.05) is 4.31 Å². The standard InChI is InChI=1S/C13H12FNO2S/c14-12-7-8-13(11-4-2-1-3-10(11)12)15(18(16)17)9-5-6-9/h1-4,7-9H,5-6H2,(H,16,17). The van der Waals surface area contributed by atoms with E-state index in [4.69, 9.17) is 0 Å². The molecule has 3 nitrogen and oxygen atoms in total. The summed E-state index contributed by atoms with van der Waals surface area (Å²) in [6.07, 6.45) is 1.80. The first kappa shape index (κ1) is 11.6. The summed E-state index contributed by atoms with van der Waals surface area (Å²) >= 11 is -2.07. The van der Waals surface area contributed by atoms with Crippen LogP contribution in [0.5, 0.6) is 0 Å². The molecule has 1 aliphatic rings. The molecule has 1 unspecified atom stereocenters. The quantitative estimate of drug-likeness (QED) is 0.866. The van der Waals surface area contributed by atoms with Crippen LogP contribution in [-0.2, 0) is 11.3 Å². The van der Waals surface area contributed by atoms with Gasteiger partial charge in [-0.05, 0) is 25.0 Å². The monoisotopic (exact) mass is 265 g/mol. The molecule has 0 aliphatic heterocycles. The zero-order chi connectivity index (χ0) is 12.7. The third-order valence-corrected chi connectivity index (χ3v) is 3.96. The van der Waals surface area contributed by atoms with E-state index in [1.807, 2.05) is 0 Å². The lowest BCUT2D eigenvalue weighted by atomic mass is 10.1. The van der Waals surface area contributed by atoms with Crippen molar-refractivity contribution in [2.45, 2.75) is 18.9 Å². The normalized spacial score (nSPS) is 16.8. The van der Waals surface area contributed by atoms with Crippen molar-refractivity contribution >= 4 is 27.7 Å². The number of benzene rings is 2. The molecule has 0 amide bonds. The van der Waals surface area contributed by atoms with E-state index >= 15 is 0 Å². The largest absolute Gasteiger partial charge is 0.289 e. The molecule has 0 saturated heterocycles. The number of hydrogen-bond acceptors (Lipinski definition) is 1. The summed E-state index contributed by atoms with van der Waals surface area (Å²) < 4.78 is 36.0. The van der Waals surface area contributed by atoms with Crippen LogP contribution >= 0.6 is 0 Å². The molecule has 1 fully saturated rings. The highest BCUT2D eigenvalue weighted by atomic mass is 32.2. The Balaban J connectivity index is 2.22. The third kappa shape index (κ3) is 1.89. The predicted octanol–water partition coefficient (Wildman–Crippen LogP) is 3.08. The first-order chi connectivity index (χ1) is 8.68. The lowest BCUT2D eigenvalue weighted by molar-refractivity contribution is 0.558. The molecule has 0 aromatic heterocycles. The van der Waals surface area contributed by atoms with Crippen LogP contribution in [0.3, 0.4) is 0 Å². The van der Waals surface area contributed by atoms with Gasteiger partial charge in [0.05, 0.1) is 5.69 Å². The van der Waals surface area contributed by atoms with E-state index in [2.05, 4.69) is 0 Å². The van der Waals surface area contributed by atoms with Crippen LogP contribution in [0.1, 0.15) is 12.8 Å². The second kappa shape index (κ2) is 4.33. The molecular formula is C13H12FNO2S. The average Bonchev–Trinajstić information content (AvgIpc) is 3.17. The number of nitrogens with zero attached hydrogens (tertiary/aromatic N) is 1. The predicted molar refractivity (Wildman–Crippen MR) is 70.2 cm³/mol. The summed E-state index contributed by atoms with van der Waals surface area (Å²) in [5.41, 5.74) is 0.621. The highest BCUT2D eigenvalue weighted by molar-refractivity contribution is 7.80. The fourth-order valence-corrected chi connectivity index (χ4v) is 2.95. The number of rotatable bonds is 3. The van der Waals surface area contributed by atoms with Crippen LogP contribution < -0.4 is 4.31 Å². The molecule has 0 heterocycles. The maximum absolute atomic E-state index is 13.7. The van der Waals surface area contributed by atoms with Crippen LogP contribution in [0, 0.1) is 5.82 Å². The van der Waals surface area contributed by atoms with Crippen molar-refractivity contribution < 1.29 is 13.2 Å². The minimum Gasteiger partial charge on any atom is -0.289 e. The smallest absolute Gasteiger partial charge is 0.262 e.